The SMILES string of the molecule is Clc1ccc(CCCNc2ccn3ncc(Br)c3n2)s1. The molecule has 0 atom stereocenters. The first kappa shape index (κ1) is 13.9. The van der Waals surface area contributed by atoms with E-state index >= 15 is 0 Å². The van der Waals surface area contributed by atoms with Gasteiger partial charge in [0.2, 0.25) is 0 Å². The lowest BCUT2D eigenvalue weighted by Gasteiger charge is -2.05. The van der Waals surface area contributed by atoms with Crippen LogP contribution in [0, 0.1) is 0 Å². The van der Waals surface area contributed by atoms with Crippen molar-refractivity contribution in [2.24, 2.45) is 0 Å². The van der Waals surface area contributed by atoms with Crippen LogP contribution in [-0.2, 0) is 6.42 Å². The zero-order valence-corrected chi connectivity index (χ0v) is 13.7. The maximum atomic E-state index is 5.91. The molecule has 0 aliphatic heterocycles. The van der Waals surface area contributed by atoms with E-state index < -0.39 is 0 Å². The number of thiophene rings is 1. The van der Waals surface area contributed by atoms with Gasteiger partial charge in [-0.05, 0) is 47.0 Å². The minimum absolute atomic E-state index is 0.819. The molecule has 0 saturated carbocycles. The molecule has 3 rings (SSSR count). The lowest BCUT2D eigenvalue weighted by molar-refractivity contribution is 0.867. The molecular formula is C13H12BrClN4S. The highest BCUT2D eigenvalue weighted by molar-refractivity contribution is 9.10. The molecule has 104 valence electrons. The summed E-state index contributed by atoms with van der Waals surface area (Å²) in [5.74, 6) is 0.864. The van der Waals surface area contributed by atoms with Gasteiger partial charge in [-0.2, -0.15) is 5.10 Å². The van der Waals surface area contributed by atoms with Crippen molar-refractivity contribution < 1.29 is 0 Å². The number of nitrogens with one attached hydrogen (secondary N) is 1. The van der Waals surface area contributed by atoms with Crippen molar-refractivity contribution in [2.75, 3.05) is 11.9 Å². The highest BCUT2D eigenvalue weighted by atomic mass is 79.9. The molecule has 4 nitrogen and oxygen atoms in total. The van der Waals surface area contributed by atoms with E-state index in [1.807, 2.05) is 18.3 Å². The van der Waals surface area contributed by atoms with Gasteiger partial charge in [0.25, 0.3) is 0 Å². The normalized spacial score (nSPS) is 11.1. The summed E-state index contributed by atoms with van der Waals surface area (Å²) >= 11 is 11.0. The summed E-state index contributed by atoms with van der Waals surface area (Å²) in [4.78, 5) is 5.83. The van der Waals surface area contributed by atoms with Crippen molar-refractivity contribution in [3.63, 3.8) is 0 Å². The number of halogens is 2. The van der Waals surface area contributed by atoms with E-state index in [9.17, 15) is 0 Å². The van der Waals surface area contributed by atoms with Crippen LogP contribution in [0.25, 0.3) is 5.65 Å². The molecule has 3 aromatic rings. The number of fused-ring (bicyclic) bond motifs is 1. The first-order valence-electron chi connectivity index (χ1n) is 6.20. The van der Waals surface area contributed by atoms with Gasteiger partial charge in [0.15, 0.2) is 5.65 Å². The number of hydrogen-bond donors (Lipinski definition) is 1. The molecular weight excluding hydrogens is 360 g/mol. The third-order valence-corrected chi connectivity index (χ3v) is 4.71. The van der Waals surface area contributed by atoms with Crippen LogP contribution in [0.4, 0.5) is 5.82 Å². The summed E-state index contributed by atoms with van der Waals surface area (Å²) in [5, 5.41) is 7.50. The van der Waals surface area contributed by atoms with E-state index in [-0.39, 0.29) is 0 Å². The van der Waals surface area contributed by atoms with Gasteiger partial charge in [-0.3, -0.25) is 0 Å². The zero-order chi connectivity index (χ0) is 13.9. The lowest BCUT2D eigenvalue weighted by atomic mass is 10.2. The van der Waals surface area contributed by atoms with Gasteiger partial charge in [-0.25, -0.2) is 9.50 Å². The van der Waals surface area contributed by atoms with E-state index in [1.165, 1.54) is 4.88 Å². The highest BCUT2D eigenvalue weighted by Gasteiger charge is 2.03. The van der Waals surface area contributed by atoms with Gasteiger partial charge in [-0.1, -0.05) is 11.6 Å². The Balaban J connectivity index is 1.55. The van der Waals surface area contributed by atoms with E-state index in [2.05, 4.69) is 37.4 Å². The molecule has 0 spiro atoms. The first-order chi connectivity index (χ1) is 9.72. The highest BCUT2D eigenvalue weighted by Crippen LogP contribution is 2.22. The molecule has 0 saturated heterocycles. The van der Waals surface area contributed by atoms with Crippen molar-refractivity contribution >= 4 is 50.3 Å². The number of nitrogens with zero attached hydrogens (tertiary/aromatic N) is 3. The van der Waals surface area contributed by atoms with Crippen molar-refractivity contribution in [3.05, 3.63) is 44.3 Å². The third-order valence-electron chi connectivity index (χ3n) is 2.86. The second-order valence-electron chi connectivity index (χ2n) is 4.31. The van der Waals surface area contributed by atoms with Crippen LogP contribution in [0.2, 0.25) is 4.34 Å². The molecule has 1 N–H and O–H groups in total. The van der Waals surface area contributed by atoms with Gasteiger partial charge >= 0.3 is 0 Å². The first-order valence-corrected chi connectivity index (χ1v) is 8.19. The van der Waals surface area contributed by atoms with Crippen LogP contribution in [0.5, 0.6) is 0 Å². The van der Waals surface area contributed by atoms with E-state index in [0.717, 1.165) is 39.7 Å². The number of anilines is 1. The minimum Gasteiger partial charge on any atom is -0.370 e. The standard InChI is InChI=1S/C13H12BrClN4S/c14-10-8-17-19-7-5-12(18-13(10)19)16-6-1-2-9-3-4-11(15)20-9/h3-5,7-8H,1-2,6H2,(H,16,18). The maximum Gasteiger partial charge on any atom is 0.171 e. The zero-order valence-electron chi connectivity index (χ0n) is 10.5. The molecule has 0 bridgehead atoms. The predicted octanol–water partition coefficient (Wildman–Crippen LogP) is 4.25. The molecule has 3 aromatic heterocycles. The van der Waals surface area contributed by atoms with Crippen molar-refractivity contribution in [2.45, 2.75) is 12.8 Å². The molecule has 0 aromatic carbocycles. The van der Waals surface area contributed by atoms with Crippen LogP contribution >= 0.6 is 38.9 Å². The molecule has 0 fully saturated rings. The van der Waals surface area contributed by atoms with Crippen molar-refractivity contribution in [1.29, 1.82) is 0 Å². The van der Waals surface area contributed by atoms with Crippen LogP contribution in [0.3, 0.4) is 0 Å². The Bertz CT molecular complexity index is 724. The number of aromatic nitrogens is 3. The number of aryl methyl sites for hydroxylation is 1. The molecule has 0 aliphatic carbocycles. The molecule has 0 radical (unpaired) electrons. The van der Waals surface area contributed by atoms with Crippen LogP contribution in [-0.4, -0.2) is 21.1 Å². The largest absolute Gasteiger partial charge is 0.370 e. The van der Waals surface area contributed by atoms with Crippen LogP contribution in [0.1, 0.15) is 11.3 Å². The fourth-order valence-electron chi connectivity index (χ4n) is 1.90. The third kappa shape index (κ3) is 3.13. The Hall–Kier alpha value is -1.11. The molecule has 20 heavy (non-hydrogen) atoms. The van der Waals surface area contributed by atoms with E-state index in [1.54, 1.807) is 22.0 Å². The Morgan fingerprint density at radius 1 is 1.35 bits per heavy atom. The Morgan fingerprint density at radius 2 is 2.25 bits per heavy atom. The Morgan fingerprint density at radius 3 is 3.05 bits per heavy atom. The maximum absolute atomic E-state index is 5.91. The summed E-state index contributed by atoms with van der Waals surface area (Å²) in [6.45, 7) is 0.879. The summed E-state index contributed by atoms with van der Waals surface area (Å²) in [6.07, 6.45) is 5.72. The van der Waals surface area contributed by atoms with Crippen LogP contribution < -0.4 is 5.32 Å². The molecule has 0 amide bonds. The molecule has 3 heterocycles. The van der Waals surface area contributed by atoms with E-state index in [0.29, 0.717) is 0 Å². The summed E-state index contributed by atoms with van der Waals surface area (Å²) in [6, 6.07) is 5.96. The summed E-state index contributed by atoms with van der Waals surface area (Å²) in [5.41, 5.74) is 0.819. The number of hydrogen-bond acceptors (Lipinski definition) is 4. The molecule has 0 aliphatic rings. The number of rotatable bonds is 5. The van der Waals surface area contributed by atoms with Crippen molar-refractivity contribution in [1.82, 2.24) is 14.6 Å². The van der Waals surface area contributed by atoms with Gasteiger partial charge in [0, 0.05) is 17.6 Å². The van der Waals surface area contributed by atoms with Crippen LogP contribution in [0.15, 0.2) is 35.1 Å². The predicted molar refractivity (Wildman–Crippen MR) is 86.8 cm³/mol. The van der Waals surface area contributed by atoms with Gasteiger partial charge < -0.3 is 5.32 Å². The Labute approximate surface area is 133 Å². The second-order valence-corrected chi connectivity index (χ2v) is 6.96. The summed E-state index contributed by atoms with van der Waals surface area (Å²) < 4.78 is 3.49. The van der Waals surface area contributed by atoms with Gasteiger partial charge in [-0.15, -0.1) is 11.3 Å². The quantitative estimate of drug-likeness (QED) is 0.682. The molecule has 7 heteroatoms. The second kappa shape index (κ2) is 6.11. The van der Waals surface area contributed by atoms with Crippen molar-refractivity contribution in [3.8, 4) is 0 Å². The van der Waals surface area contributed by atoms with E-state index in [4.69, 9.17) is 11.6 Å². The fraction of sp³-hybridized carbons (Fsp3) is 0.231. The minimum atomic E-state index is 0.819. The Kier molecular flexibility index (Phi) is 4.24. The smallest absolute Gasteiger partial charge is 0.171 e. The topological polar surface area (TPSA) is 42.2 Å². The lowest BCUT2D eigenvalue weighted by Crippen LogP contribution is -2.05. The summed E-state index contributed by atoms with van der Waals surface area (Å²) in [7, 11) is 0. The average Bonchev–Trinajstić information content (AvgIpc) is 3.02. The fourth-order valence-corrected chi connectivity index (χ4v) is 3.40. The average molecular weight is 372 g/mol. The monoisotopic (exact) mass is 370 g/mol. The molecule has 0 unspecified atom stereocenters. The van der Waals surface area contributed by atoms with Gasteiger partial charge in [0.1, 0.15) is 5.82 Å². The van der Waals surface area contributed by atoms with Gasteiger partial charge in [0.05, 0.1) is 15.0 Å².